The molecule has 0 spiro atoms. The molecule has 1 fully saturated rings. The summed E-state index contributed by atoms with van der Waals surface area (Å²) in [6.07, 6.45) is 16.1. The standard InChI is InChI=1S/C30H21N17OS2/c1-2-8-33-23(6-1)45-26(20-5-3-11-37-39-20)29(28-36-14-15-48-28,27-34-9-4-10-35-27)30(21-7-16-49-42-21,22-17-31-12-13-32-22)46(24-18-38-43-40-24)47(45)25-19-50-44-41-25/h1-19,26H,(H,38,40,43). The van der Waals surface area contributed by atoms with Crippen LogP contribution in [0.2, 0.25) is 0 Å². The quantitative estimate of drug-likeness (QED) is 0.242. The molecular formula is C30H21N17OS2. The molecule has 0 radical (unpaired) electrons. The van der Waals surface area contributed by atoms with Crippen LogP contribution in [0.1, 0.15) is 34.8 Å². The number of hydrogen-bond acceptors (Lipinski definition) is 19. The molecule has 50 heavy (non-hydrogen) atoms. The first kappa shape index (κ1) is 29.5. The van der Waals surface area contributed by atoms with Crippen LogP contribution in [0, 0.1) is 0 Å². The molecule has 8 aromatic rings. The molecule has 3 unspecified atom stereocenters. The Morgan fingerprint density at radius 1 is 0.760 bits per heavy atom. The SMILES string of the molecule is c1ccc(N2C(c3cccnn3)C(c3ncccn3)(c3ncco3)C(c3cnccn3)(c3ccsn3)N(c3cn[nH]n3)N2c2csnn2)nc1. The zero-order chi connectivity index (χ0) is 33.4. The van der Waals surface area contributed by atoms with Crippen molar-refractivity contribution in [2.24, 2.45) is 0 Å². The van der Waals surface area contributed by atoms with Crippen molar-refractivity contribution in [3.63, 3.8) is 0 Å². The third-order valence-corrected chi connectivity index (χ3v) is 9.35. The maximum Gasteiger partial charge on any atom is 0.213 e. The molecule has 8 aromatic heterocycles. The van der Waals surface area contributed by atoms with Crippen molar-refractivity contribution in [2.45, 2.75) is 17.0 Å². The molecule has 9 rings (SSSR count). The number of pyridine rings is 1. The van der Waals surface area contributed by atoms with Crippen LogP contribution in [0.25, 0.3) is 0 Å². The molecule has 20 heteroatoms. The lowest BCUT2D eigenvalue weighted by Gasteiger charge is -2.64. The number of hydrogen-bond donors (Lipinski definition) is 1. The smallest absolute Gasteiger partial charge is 0.213 e. The van der Waals surface area contributed by atoms with Gasteiger partial charge in [0.25, 0.3) is 0 Å². The first-order valence-electron chi connectivity index (χ1n) is 14.9. The molecule has 0 aromatic carbocycles. The highest BCUT2D eigenvalue weighted by Gasteiger charge is 2.76. The summed E-state index contributed by atoms with van der Waals surface area (Å²) in [5, 5.41) is 34.6. The van der Waals surface area contributed by atoms with Gasteiger partial charge in [0.15, 0.2) is 16.8 Å². The number of oxazole rings is 1. The van der Waals surface area contributed by atoms with E-state index in [4.69, 9.17) is 38.8 Å². The summed E-state index contributed by atoms with van der Waals surface area (Å²) in [6.45, 7) is 0. The zero-order valence-corrected chi connectivity index (χ0v) is 27.1. The highest BCUT2D eigenvalue weighted by Crippen LogP contribution is 2.64. The summed E-state index contributed by atoms with van der Waals surface area (Å²) in [5.74, 6) is 1.67. The Morgan fingerprint density at radius 2 is 1.70 bits per heavy atom. The van der Waals surface area contributed by atoms with Gasteiger partial charge >= 0.3 is 0 Å². The number of aromatic nitrogens is 14. The summed E-state index contributed by atoms with van der Waals surface area (Å²) in [4.78, 5) is 29.3. The third-order valence-electron chi connectivity index (χ3n) is 8.30. The fourth-order valence-corrected chi connectivity index (χ4v) is 7.63. The van der Waals surface area contributed by atoms with Crippen LogP contribution in [0.5, 0.6) is 0 Å². The molecule has 0 bridgehead atoms. The first-order chi connectivity index (χ1) is 24.8. The van der Waals surface area contributed by atoms with Gasteiger partial charge in [-0.1, -0.05) is 10.6 Å². The molecule has 1 aliphatic heterocycles. The monoisotopic (exact) mass is 699 g/mol. The van der Waals surface area contributed by atoms with E-state index in [0.29, 0.717) is 34.5 Å². The van der Waals surface area contributed by atoms with Crippen molar-refractivity contribution in [1.82, 2.24) is 69.5 Å². The lowest BCUT2D eigenvalue weighted by molar-refractivity contribution is 0.132. The second-order valence-corrected chi connectivity index (χ2v) is 12.0. The predicted molar refractivity (Wildman–Crippen MR) is 177 cm³/mol. The van der Waals surface area contributed by atoms with E-state index in [2.05, 4.69) is 35.1 Å². The Kier molecular flexibility index (Phi) is 7.13. The van der Waals surface area contributed by atoms with E-state index in [1.54, 1.807) is 78.4 Å². The van der Waals surface area contributed by atoms with E-state index in [1.807, 2.05) is 45.7 Å². The number of anilines is 3. The second kappa shape index (κ2) is 12.1. The fourth-order valence-electron chi connectivity index (χ4n) is 6.66. The molecule has 0 amide bonds. The number of rotatable bonds is 8. The van der Waals surface area contributed by atoms with Gasteiger partial charge in [0.05, 0.1) is 41.1 Å². The largest absolute Gasteiger partial charge is 0.448 e. The number of nitrogens with zero attached hydrogens (tertiary/aromatic N) is 16. The first-order valence-corrected chi connectivity index (χ1v) is 16.6. The predicted octanol–water partition coefficient (Wildman–Crippen LogP) is 3.20. The summed E-state index contributed by atoms with van der Waals surface area (Å²) in [5.41, 5.74) is -1.96. The molecule has 1 saturated heterocycles. The van der Waals surface area contributed by atoms with E-state index in [9.17, 15) is 0 Å². The molecule has 9 heterocycles. The maximum atomic E-state index is 6.46. The third kappa shape index (κ3) is 4.21. The van der Waals surface area contributed by atoms with Gasteiger partial charge in [-0.15, -0.1) is 10.2 Å². The summed E-state index contributed by atoms with van der Waals surface area (Å²) < 4.78 is 15.8. The number of aromatic amines is 1. The van der Waals surface area contributed by atoms with Crippen LogP contribution < -0.4 is 15.1 Å². The molecular weight excluding hydrogens is 679 g/mol. The van der Waals surface area contributed by atoms with Crippen LogP contribution in [0.4, 0.5) is 17.5 Å². The zero-order valence-electron chi connectivity index (χ0n) is 25.4. The van der Waals surface area contributed by atoms with Crippen molar-refractivity contribution in [1.29, 1.82) is 0 Å². The topological polar surface area (TPSA) is 206 Å². The fraction of sp³-hybridized carbons (Fsp3) is 0.100. The van der Waals surface area contributed by atoms with E-state index in [1.165, 1.54) is 29.3 Å². The van der Waals surface area contributed by atoms with Crippen molar-refractivity contribution < 1.29 is 4.42 Å². The van der Waals surface area contributed by atoms with Crippen LogP contribution >= 0.6 is 23.1 Å². The molecule has 244 valence electrons. The van der Waals surface area contributed by atoms with Gasteiger partial charge in [-0.25, -0.2) is 30.0 Å². The average Bonchev–Trinajstić information content (AvgIpc) is 4.04. The van der Waals surface area contributed by atoms with E-state index >= 15 is 0 Å². The Labute approximate surface area is 289 Å². The van der Waals surface area contributed by atoms with Crippen LogP contribution in [-0.4, -0.2) is 69.5 Å². The lowest BCUT2D eigenvalue weighted by Crippen LogP contribution is -2.79. The minimum absolute atomic E-state index is 0.198. The summed E-state index contributed by atoms with van der Waals surface area (Å²) in [7, 11) is 0. The van der Waals surface area contributed by atoms with Gasteiger partial charge in [0.2, 0.25) is 11.7 Å². The van der Waals surface area contributed by atoms with Crippen molar-refractivity contribution in [3.05, 3.63) is 144 Å². The van der Waals surface area contributed by atoms with Gasteiger partial charge in [-0.3, -0.25) is 9.97 Å². The molecule has 1 aliphatic rings. The average molecular weight is 700 g/mol. The van der Waals surface area contributed by atoms with E-state index in [0.717, 1.165) is 0 Å². The van der Waals surface area contributed by atoms with Gasteiger partial charge < -0.3 is 4.42 Å². The van der Waals surface area contributed by atoms with Crippen LogP contribution in [0.15, 0.2) is 120 Å². The summed E-state index contributed by atoms with van der Waals surface area (Å²) >= 11 is 2.42. The van der Waals surface area contributed by atoms with E-state index in [-0.39, 0.29) is 11.7 Å². The highest BCUT2D eigenvalue weighted by molar-refractivity contribution is 7.03. The van der Waals surface area contributed by atoms with Crippen LogP contribution in [0.3, 0.4) is 0 Å². The molecule has 18 nitrogen and oxygen atoms in total. The van der Waals surface area contributed by atoms with Crippen molar-refractivity contribution in [3.8, 4) is 0 Å². The summed E-state index contributed by atoms with van der Waals surface area (Å²) in [6, 6.07) is 11.9. The Hall–Kier alpha value is -6.67. The number of hydrazine groups is 2. The Bertz CT molecular complexity index is 2250. The highest BCUT2D eigenvalue weighted by atomic mass is 32.1. The molecule has 0 saturated carbocycles. The number of nitrogens with one attached hydrogen (secondary N) is 1. The van der Waals surface area contributed by atoms with Crippen molar-refractivity contribution in [2.75, 3.05) is 15.1 Å². The maximum absolute atomic E-state index is 6.46. The van der Waals surface area contributed by atoms with Crippen LogP contribution in [-0.2, 0) is 11.0 Å². The van der Waals surface area contributed by atoms with E-state index < -0.39 is 17.0 Å². The Balaban J connectivity index is 1.58. The molecule has 0 aliphatic carbocycles. The number of H-pyrrole nitrogens is 1. The minimum Gasteiger partial charge on any atom is -0.448 e. The normalized spacial score (nSPS) is 20.6. The molecule has 1 N–H and O–H groups in total. The lowest BCUT2D eigenvalue weighted by atomic mass is 9.58. The van der Waals surface area contributed by atoms with Crippen molar-refractivity contribution >= 4 is 40.5 Å². The van der Waals surface area contributed by atoms with Gasteiger partial charge in [-0.05, 0) is 59.5 Å². The molecule has 3 atom stereocenters. The Morgan fingerprint density at radius 3 is 2.38 bits per heavy atom. The second-order valence-electron chi connectivity index (χ2n) is 10.7. The van der Waals surface area contributed by atoms with Gasteiger partial charge in [-0.2, -0.15) is 30.0 Å². The van der Waals surface area contributed by atoms with Gasteiger partial charge in [0.1, 0.15) is 23.9 Å². The van der Waals surface area contributed by atoms with Gasteiger partial charge in [0, 0.05) is 42.6 Å². The minimum atomic E-state index is -1.67.